The molecule has 0 saturated heterocycles. The number of hydrogen-bond acceptors (Lipinski definition) is 9. The van der Waals surface area contributed by atoms with Crippen LogP contribution in [-0.4, -0.2) is 51.9 Å². The van der Waals surface area contributed by atoms with Crippen LogP contribution in [0.25, 0.3) is 67.8 Å². The van der Waals surface area contributed by atoms with Crippen molar-refractivity contribution in [2.45, 2.75) is 0 Å². The lowest BCUT2D eigenvalue weighted by Gasteiger charge is -2.09. The van der Waals surface area contributed by atoms with Gasteiger partial charge in [-0.15, -0.1) is 0 Å². The maximum atomic E-state index is 11.4. The summed E-state index contributed by atoms with van der Waals surface area (Å²) in [6.07, 6.45) is 0. The highest BCUT2D eigenvalue weighted by Crippen LogP contribution is 2.37. The van der Waals surface area contributed by atoms with Crippen LogP contribution < -0.4 is 4.74 Å². The van der Waals surface area contributed by atoms with Crippen molar-refractivity contribution in [2.75, 3.05) is 0 Å². The molecular formula is C44H28N6O9. The summed E-state index contributed by atoms with van der Waals surface area (Å²) in [5, 5.41) is 41.3. The Morgan fingerprint density at radius 2 is 0.763 bits per heavy atom. The van der Waals surface area contributed by atoms with E-state index < -0.39 is 21.8 Å². The number of hydrogen-bond donors (Lipinski definition) is 4. The number of aromatic amines is 2. The van der Waals surface area contributed by atoms with Gasteiger partial charge in [-0.2, -0.15) is 0 Å². The zero-order chi connectivity index (χ0) is 41.2. The first kappa shape index (κ1) is 37.2. The fourth-order valence-electron chi connectivity index (χ4n) is 6.39. The van der Waals surface area contributed by atoms with Crippen LogP contribution in [0, 0.1) is 20.2 Å². The predicted octanol–water partition coefficient (Wildman–Crippen LogP) is 10.1. The van der Waals surface area contributed by atoms with Gasteiger partial charge in [0.05, 0.1) is 43.7 Å². The third kappa shape index (κ3) is 7.74. The van der Waals surface area contributed by atoms with E-state index in [0.29, 0.717) is 68.2 Å². The zero-order valence-corrected chi connectivity index (χ0v) is 30.4. The first-order chi connectivity index (χ1) is 28.5. The van der Waals surface area contributed by atoms with Crippen LogP contribution in [0.5, 0.6) is 11.5 Å². The minimum absolute atomic E-state index is 0.0575. The molecule has 0 amide bonds. The summed E-state index contributed by atoms with van der Waals surface area (Å²) in [5.74, 6) is -0.0961. The fourth-order valence-corrected chi connectivity index (χ4v) is 6.39. The van der Waals surface area contributed by atoms with E-state index in [1.54, 1.807) is 72.8 Å². The van der Waals surface area contributed by atoms with Crippen LogP contribution in [0.2, 0.25) is 0 Å². The number of rotatable bonds is 12. The van der Waals surface area contributed by atoms with Crippen LogP contribution in [0.1, 0.15) is 20.7 Å². The lowest BCUT2D eigenvalue weighted by molar-refractivity contribution is -0.385. The summed E-state index contributed by atoms with van der Waals surface area (Å²) < 4.78 is 6.19. The molecule has 288 valence electrons. The van der Waals surface area contributed by atoms with Crippen LogP contribution in [0.3, 0.4) is 0 Å². The van der Waals surface area contributed by atoms with E-state index in [9.17, 15) is 40.0 Å². The highest BCUT2D eigenvalue weighted by Gasteiger charge is 2.19. The molecule has 8 rings (SSSR count). The first-order valence-corrected chi connectivity index (χ1v) is 17.8. The minimum Gasteiger partial charge on any atom is -0.478 e. The first-order valence-electron chi connectivity index (χ1n) is 17.8. The molecule has 0 aliphatic rings. The Morgan fingerprint density at radius 3 is 1.10 bits per heavy atom. The van der Waals surface area contributed by atoms with Gasteiger partial charge < -0.3 is 24.9 Å². The van der Waals surface area contributed by atoms with Crippen molar-refractivity contribution in [3.63, 3.8) is 0 Å². The molecule has 0 spiro atoms. The molecule has 0 atom stereocenters. The van der Waals surface area contributed by atoms with Crippen molar-refractivity contribution in [3.05, 3.63) is 177 Å². The molecule has 4 N–H and O–H groups in total. The average Bonchev–Trinajstić information content (AvgIpc) is 3.91. The van der Waals surface area contributed by atoms with Crippen molar-refractivity contribution < 1.29 is 34.4 Å². The fraction of sp³-hybridized carbons (Fsp3) is 0. The summed E-state index contributed by atoms with van der Waals surface area (Å²) in [5.41, 5.74) is 6.52. The number of nitrogens with one attached hydrogen (secondary N) is 2. The van der Waals surface area contributed by atoms with E-state index in [4.69, 9.17) is 14.7 Å². The van der Waals surface area contributed by atoms with Gasteiger partial charge in [-0.25, -0.2) is 19.6 Å². The van der Waals surface area contributed by atoms with Crippen LogP contribution in [0.15, 0.2) is 146 Å². The molecule has 8 aromatic rings. The van der Waals surface area contributed by atoms with Gasteiger partial charge in [0, 0.05) is 57.6 Å². The van der Waals surface area contributed by atoms with Crippen LogP contribution in [-0.2, 0) is 0 Å². The maximum Gasteiger partial charge on any atom is 0.335 e. The smallest absolute Gasteiger partial charge is 0.335 e. The summed E-state index contributed by atoms with van der Waals surface area (Å²) in [6, 6.07) is 39.1. The normalized spacial score (nSPS) is 10.9. The highest BCUT2D eigenvalue weighted by molar-refractivity contribution is 5.89. The molecule has 15 nitrogen and oxygen atoms in total. The number of aromatic carboxylic acids is 2. The third-order valence-electron chi connectivity index (χ3n) is 9.44. The Morgan fingerprint density at radius 1 is 0.458 bits per heavy atom. The van der Waals surface area contributed by atoms with Gasteiger partial charge in [0.25, 0.3) is 11.4 Å². The van der Waals surface area contributed by atoms with E-state index in [-0.39, 0.29) is 22.5 Å². The standard InChI is InChI=1S/C44H28N6O9/c51-43(52)31-5-1-29(2-6-31)41-45-37(25-9-17-33(18-10-25)49(55)56)39(47-41)27-13-21-35(22-14-27)59-36-23-15-28(16-24-36)40-38(26-11-19-34(20-12-26)50(57)58)46-42(48-40)30-3-7-32(8-4-30)44(53)54/h1-24H,(H,45,47)(H,46,48)(H,51,52)(H,53,54). The van der Waals surface area contributed by atoms with Gasteiger partial charge >= 0.3 is 11.9 Å². The summed E-state index contributed by atoms with van der Waals surface area (Å²) >= 11 is 0. The molecule has 0 saturated carbocycles. The summed E-state index contributed by atoms with van der Waals surface area (Å²) in [7, 11) is 0. The largest absolute Gasteiger partial charge is 0.478 e. The van der Waals surface area contributed by atoms with Crippen LogP contribution >= 0.6 is 0 Å². The summed E-state index contributed by atoms with van der Waals surface area (Å²) in [6.45, 7) is 0. The topological polar surface area (TPSA) is 227 Å². The van der Waals surface area contributed by atoms with Crippen molar-refractivity contribution in [1.82, 2.24) is 19.9 Å². The number of aromatic nitrogens is 4. The number of non-ortho nitro benzene ring substituents is 2. The summed E-state index contributed by atoms with van der Waals surface area (Å²) in [4.78, 5) is 60.8. The monoisotopic (exact) mass is 784 g/mol. The molecule has 15 heteroatoms. The third-order valence-corrected chi connectivity index (χ3v) is 9.44. The zero-order valence-electron chi connectivity index (χ0n) is 30.4. The SMILES string of the molecule is O=C(O)c1ccc(-c2nc(-c3ccc([N+](=O)[O-])cc3)c(-c3ccc(Oc4ccc(-c5nc(-c6ccc(C(=O)O)cc6)[nH]c5-c5ccc([N+](=O)[O-])cc5)cc4)cc3)[nH]2)cc1. The second kappa shape index (κ2) is 15.4. The Balaban J connectivity index is 1.07. The molecule has 59 heavy (non-hydrogen) atoms. The number of carboxylic acid groups (broad SMARTS) is 2. The number of imidazole rings is 2. The highest BCUT2D eigenvalue weighted by atomic mass is 16.6. The molecule has 0 aliphatic heterocycles. The van der Waals surface area contributed by atoms with Gasteiger partial charge in [-0.05, 0) is 97.1 Å². The molecule has 0 aliphatic carbocycles. The maximum absolute atomic E-state index is 11.4. The van der Waals surface area contributed by atoms with E-state index in [2.05, 4.69) is 9.97 Å². The second-order valence-electron chi connectivity index (χ2n) is 13.1. The number of ether oxygens (including phenoxy) is 1. The van der Waals surface area contributed by atoms with E-state index in [1.807, 2.05) is 24.3 Å². The number of carbonyl (C=O) groups is 2. The Kier molecular flexibility index (Phi) is 9.73. The van der Waals surface area contributed by atoms with Gasteiger partial charge in [0.1, 0.15) is 23.1 Å². The van der Waals surface area contributed by atoms with Gasteiger partial charge in [-0.3, -0.25) is 20.2 Å². The number of carboxylic acids is 2. The van der Waals surface area contributed by atoms with Crippen molar-refractivity contribution >= 4 is 23.3 Å². The predicted molar refractivity (Wildman–Crippen MR) is 217 cm³/mol. The second-order valence-corrected chi connectivity index (χ2v) is 13.1. The molecular weight excluding hydrogens is 757 g/mol. The molecule has 2 heterocycles. The Hall–Kier alpha value is -8.72. The quantitative estimate of drug-likeness (QED) is 0.0673. The van der Waals surface area contributed by atoms with Gasteiger partial charge in [-0.1, -0.05) is 24.3 Å². The number of benzene rings is 6. The van der Waals surface area contributed by atoms with E-state index in [1.165, 1.54) is 48.5 Å². The lowest BCUT2D eigenvalue weighted by Crippen LogP contribution is -1.95. The van der Waals surface area contributed by atoms with Crippen molar-refractivity contribution in [1.29, 1.82) is 0 Å². The number of H-pyrrole nitrogens is 2. The molecule has 0 bridgehead atoms. The number of nitro benzene ring substituents is 2. The van der Waals surface area contributed by atoms with Crippen molar-refractivity contribution in [2.24, 2.45) is 0 Å². The van der Waals surface area contributed by atoms with E-state index in [0.717, 1.165) is 11.1 Å². The van der Waals surface area contributed by atoms with Gasteiger partial charge in [0.2, 0.25) is 0 Å². The average molecular weight is 785 g/mol. The molecule has 0 radical (unpaired) electrons. The number of nitro groups is 2. The van der Waals surface area contributed by atoms with Crippen LogP contribution in [0.4, 0.5) is 11.4 Å². The molecule has 0 unspecified atom stereocenters. The lowest BCUT2D eigenvalue weighted by atomic mass is 10.0. The Labute approximate surface area is 333 Å². The van der Waals surface area contributed by atoms with Crippen molar-refractivity contribution in [3.8, 4) is 79.3 Å². The van der Waals surface area contributed by atoms with E-state index >= 15 is 0 Å². The number of nitrogens with zero attached hydrogens (tertiary/aromatic N) is 4. The minimum atomic E-state index is -1.05. The molecule has 2 aromatic heterocycles. The molecule has 0 fully saturated rings. The Bertz CT molecular complexity index is 2670. The molecule has 6 aromatic carbocycles. The van der Waals surface area contributed by atoms with Gasteiger partial charge in [0.15, 0.2) is 0 Å².